The van der Waals surface area contributed by atoms with E-state index in [0.717, 1.165) is 6.54 Å². The topological polar surface area (TPSA) is 29.3 Å². The van der Waals surface area contributed by atoms with Crippen molar-refractivity contribution >= 4 is 0 Å². The fourth-order valence-corrected chi connectivity index (χ4v) is 2.80. The summed E-state index contributed by atoms with van der Waals surface area (Å²) in [6, 6.07) is 8.52. The third kappa shape index (κ3) is 8.23. The molecule has 0 radical (unpaired) electrons. The first-order valence-electron chi connectivity index (χ1n) is 8.73. The number of hydrogen-bond donors (Lipinski definition) is 1. The summed E-state index contributed by atoms with van der Waals surface area (Å²) in [5.74, 6) is 0. The lowest BCUT2D eigenvalue weighted by atomic mass is 10.1. The van der Waals surface area contributed by atoms with Crippen molar-refractivity contribution in [3.63, 3.8) is 0 Å². The second-order valence-electron chi connectivity index (χ2n) is 6.19. The minimum atomic E-state index is 0.641. The van der Waals surface area contributed by atoms with Crippen LogP contribution in [0.3, 0.4) is 0 Å². The Morgan fingerprint density at radius 3 is 2.05 bits per heavy atom. The molecule has 0 unspecified atom stereocenters. The Labute approximate surface area is 131 Å². The second-order valence-corrected chi connectivity index (χ2v) is 6.19. The van der Waals surface area contributed by atoms with Crippen LogP contribution in [0.1, 0.15) is 69.4 Å². The smallest absolute Gasteiger partial charge is 0.0233 e. The van der Waals surface area contributed by atoms with Crippen LogP contribution in [0.25, 0.3) is 0 Å². The molecule has 1 aromatic carbocycles. The maximum absolute atomic E-state index is 5.80. The Morgan fingerprint density at radius 2 is 1.43 bits per heavy atom. The highest BCUT2D eigenvalue weighted by Crippen LogP contribution is 2.12. The molecule has 0 fully saturated rings. The van der Waals surface area contributed by atoms with Crippen molar-refractivity contribution in [2.24, 2.45) is 5.73 Å². The van der Waals surface area contributed by atoms with Gasteiger partial charge in [-0.2, -0.15) is 0 Å². The number of nitrogens with zero attached hydrogens (tertiary/aromatic N) is 1. The van der Waals surface area contributed by atoms with Gasteiger partial charge in [-0.25, -0.2) is 0 Å². The van der Waals surface area contributed by atoms with Gasteiger partial charge in [-0.1, -0.05) is 76.1 Å². The highest BCUT2D eigenvalue weighted by atomic mass is 15.1. The van der Waals surface area contributed by atoms with Crippen LogP contribution < -0.4 is 5.73 Å². The second kappa shape index (κ2) is 11.8. The molecule has 0 saturated carbocycles. The molecule has 120 valence electrons. The van der Waals surface area contributed by atoms with Crippen molar-refractivity contribution < 1.29 is 0 Å². The summed E-state index contributed by atoms with van der Waals surface area (Å²) in [6.07, 6.45) is 11.1. The zero-order valence-electron chi connectivity index (χ0n) is 14.1. The van der Waals surface area contributed by atoms with Gasteiger partial charge in [-0.15, -0.1) is 0 Å². The predicted molar refractivity (Wildman–Crippen MR) is 93.3 cm³/mol. The van der Waals surface area contributed by atoms with Crippen molar-refractivity contribution in [3.8, 4) is 0 Å². The standard InChI is InChI=1S/C19H34N2/c1-3-4-5-6-7-8-9-12-15-21(2)17-19-14-11-10-13-18(19)16-20/h10-11,13-14H,3-9,12,15-17,20H2,1-2H3. The number of nitrogens with two attached hydrogens (primary N) is 1. The molecule has 0 aliphatic rings. The molecule has 0 aliphatic heterocycles. The maximum Gasteiger partial charge on any atom is 0.0233 e. The lowest BCUT2D eigenvalue weighted by Crippen LogP contribution is -2.20. The molecule has 0 amide bonds. The van der Waals surface area contributed by atoms with Gasteiger partial charge in [0, 0.05) is 13.1 Å². The largest absolute Gasteiger partial charge is 0.326 e. The minimum Gasteiger partial charge on any atom is -0.326 e. The fourth-order valence-electron chi connectivity index (χ4n) is 2.80. The Kier molecular flexibility index (Phi) is 10.2. The van der Waals surface area contributed by atoms with Crippen LogP contribution in [0.15, 0.2) is 24.3 Å². The van der Waals surface area contributed by atoms with Gasteiger partial charge in [0.1, 0.15) is 0 Å². The zero-order chi connectivity index (χ0) is 15.3. The molecule has 0 saturated heterocycles. The van der Waals surface area contributed by atoms with E-state index in [1.807, 2.05) is 0 Å². The minimum absolute atomic E-state index is 0.641. The molecule has 2 heteroatoms. The van der Waals surface area contributed by atoms with Crippen LogP contribution in [0.5, 0.6) is 0 Å². The molecule has 21 heavy (non-hydrogen) atoms. The van der Waals surface area contributed by atoms with Crippen molar-refractivity contribution in [3.05, 3.63) is 35.4 Å². The first-order valence-corrected chi connectivity index (χ1v) is 8.73. The Balaban J connectivity index is 2.10. The SMILES string of the molecule is CCCCCCCCCCN(C)Cc1ccccc1CN. The molecule has 1 rings (SSSR count). The van der Waals surface area contributed by atoms with Crippen LogP contribution in [-0.4, -0.2) is 18.5 Å². The molecule has 0 aliphatic carbocycles. The highest BCUT2D eigenvalue weighted by molar-refractivity contribution is 5.26. The number of benzene rings is 1. The number of unbranched alkanes of at least 4 members (excludes halogenated alkanes) is 7. The first-order chi connectivity index (χ1) is 10.3. The fraction of sp³-hybridized carbons (Fsp3) is 0.684. The summed E-state index contributed by atoms with van der Waals surface area (Å²) in [6.45, 7) is 5.12. The lowest BCUT2D eigenvalue weighted by Gasteiger charge is -2.18. The monoisotopic (exact) mass is 290 g/mol. The Hall–Kier alpha value is -0.860. The first kappa shape index (κ1) is 18.2. The Morgan fingerprint density at radius 1 is 0.857 bits per heavy atom. The summed E-state index contributed by atoms with van der Waals surface area (Å²) < 4.78 is 0. The number of rotatable bonds is 12. The van der Waals surface area contributed by atoms with E-state index in [4.69, 9.17) is 5.73 Å². The summed E-state index contributed by atoms with van der Waals surface area (Å²) >= 11 is 0. The van der Waals surface area contributed by atoms with E-state index in [-0.39, 0.29) is 0 Å². The average Bonchev–Trinajstić information content (AvgIpc) is 2.50. The van der Waals surface area contributed by atoms with Crippen molar-refractivity contribution in [2.45, 2.75) is 71.4 Å². The summed E-state index contributed by atoms with van der Waals surface area (Å²) in [4.78, 5) is 2.42. The van der Waals surface area contributed by atoms with E-state index < -0.39 is 0 Å². The maximum atomic E-state index is 5.80. The van der Waals surface area contributed by atoms with Crippen molar-refractivity contribution in [1.82, 2.24) is 4.90 Å². The highest BCUT2D eigenvalue weighted by Gasteiger charge is 2.04. The molecule has 0 heterocycles. The quantitative estimate of drug-likeness (QED) is 0.564. The summed E-state index contributed by atoms with van der Waals surface area (Å²) in [5.41, 5.74) is 8.45. The van der Waals surface area contributed by atoms with Crippen molar-refractivity contribution in [2.75, 3.05) is 13.6 Å². The average molecular weight is 290 g/mol. The van der Waals surface area contributed by atoms with Crippen LogP contribution in [0.2, 0.25) is 0 Å². The summed E-state index contributed by atoms with van der Waals surface area (Å²) in [7, 11) is 2.22. The van der Waals surface area contributed by atoms with Gasteiger partial charge in [0.25, 0.3) is 0 Å². The summed E-state index contributed by atoms with van der Waals surface area (Å²) in [5, 5.41) is 0. The molecule has 0 atom stereocenters. The third-order valence-corrected chi connectivity index (χ3v) is 4.17. The van der Waals surface area contributed by atoms with E-state index >= 15 is 0 Å². The van der Waals surface area contributed by atoms with Gasteiger partial charge in [0.15, 0.2) is 0 Å². The number of hydrogen-bond acceptors (Lipinski definition) is 2. The van der Waals surface area contributed by atoms with Crippen LogP contribution in [-0.2, 0) is 13.1 Å². The molecule has 0 spiro atoms. The van der Waals surface area contributed by atoms with Crippen molar-refractivity contribution in [1.29, 1.82) is 0 Å². The van der Waals surface area contributed by atoms with E-state index in [1.54, 1.807) is 0 Å². The molecule has 0 bridgehead atoms. The molecular formula is C19H34N2. The lowest BCUT2D eigenvalue weighted by molar-refractivity contribution is 0.315. The van der Waals surface area contributed by atoms with Gasteiger partial charge >= 0.3 is 0 Å². The van der Waals surface area contributed by atoms with Gasteiger partial charge < -0.3 is 10.6 Å². The van der Waals surface area contributed by atoms with Gasteiger partial charge in [-0.05, 0) is 31.1 Å². The molecule has 2 N–H and O–H groups in total. The zero-order valence-corrected chi connectivity index (χ0v) is 14.1. The van der Waals surface area contributed by atoms with Gasteiger partial charge in [-0.3, -0.25) is 0 Å². The van der Waals surface area contributed by atoms with Gasteiger partial charge in [0.05, 0.1) is 0 Å². The van der Waals surface area contributed by atoms with Crippen LogP contribution in [0.4, 0.5) is 0 Å². The predicted octanol–water partition coefficient (Wildman–Crippen LogP) is 4.72. The van der Waals surface area contributed by atoms with E-state index in [9.17, 15) is 0 Å². The molecule has 0 aromatic heterocycles. The van der Waals surface area contributed by atoms with Gasteiger partial charge in [0.2, 0.25) is 0 Å². The van der Waals surface area contributed by atoms with Crippen LogP contribution in [0, 0.1) is 0 Å². The van der Waals surface area contributed by atoms with E-state index in [1.165, 1.54) is 69.0 Å². The van der Waals surface area contributed by atoms with Crippen LogP contribution >= 0.6 is 0 Å². The molecule has 2 nitrogen and oxygen atoms in total. The van der Waals surface area contributed by atoms with E-state index in [0.29, 0.717) is 6.54 Å². The van der Waals surface area contributed by atoms with E-state index in [2.05, 4.69) is 43.1 Å². The molecule has 1 aromatic rings. The third-order valence-electron chi connectivity index (χ3n) is 4.17. The molecular weight excluding hydrogens is 256 g/mol. The Bertz CT molecular complexity index is 362. The normalized spacial score (nSPS) is 11.2.